The molecule has 0 saturated heterocycles. The van der Waals surface area contributed by atoms with Crippen LogP contribution >= 0.6 is 11.8 Å². The summed E-state index contributed by atoms with van der Waals surface area (Å²) in [6.07, 6.45) is 3.94. The lowest BCUT2D eigenvalue weighted by Crippen LogP contribution is -2.20. The van der Waals surface area contributed by atoms with E-state index in [-0.39, 0.29) is 4.75 Å². The third-order valence-corrected chi connectivity index (χ3v) is 5.19. The zero-order valence-corrected chi connectivity index (χ0v) is 11.4. The fraction of sp³-hybridized carbons (Fsp3) is 0.533. The molecule has 0 aromatic heterocycles. The lowest BCUT2D eigenvalue weighted by Gasteiger charge is -2.14. The molecule has 1 aliphatic rings. The smallest absolute Gasteiger partial charge is 0.149 e. The van der Waals surface area contributed by atoms with E-state index in [1.165, 1.54) is 4.90 Å². The quantitative estimate of drug-likeness (QED) is 0.746. The van der Waals surface area contributed by atoms with E-state index in [1.807, 2.05) is 18.2 Å². The van der Waals surface area contributed by atoms with Gasteiger partial charge in [-0.25, -0.2) is 0 Å². The van der Waals surface area contributed by atoms with E-state index in [4.69, 9.17) is 0 Å². The van der Waals surface area contributed by atoms with Crippen molar-refractivity contribution in [1.29, 1.82) is 0 Å². The number of hydrogen-bond acceptors (Lipinski definition) is 2. The van der Waals surface area contributed by atoms with Crippen LogP contribution in [-0.2, 0) is 4.79 Å². The molecule has 0 bridgehead atoms. The lowest BCUT2D eigenvalue weighted by atomic mass is 10.1. The van der Waals surface area contributed by atoms with Crippen LogP contribution in [0.1, 0.15) is 39.5 Å². The maximum Gasteiger partial charge on any atom is 0.149 e. The van der Waals surface area contributed by atoms with Crippen LogP contribution in [0.4, 0.5) is 0 Å². The summed E-state index contributed by atoms with van der Waals surface area (Å²) in [5.41, 5.74) is 0. The minimum atomic E-state index is -0.101. The van der Waals surface area contributed by atoms with E-state index in [0.29, 0.717) is 11.7 Å². The van der Waals surface area contributed by atoms with Crippen molar-refractivity contribution in [2.24, 2.45) is 5.92 Å². The number of unbranched alkanes of at least 4 members (excludes halogenated alkanes) is 1. The normalized spacial score (nSPS) is 26.8. The Morgan fingerprint density at radius 1 is 1.41 bits per heavy atom. The van der Waals surface area contributed by atoms with Gasteiger partial charge in [0.1, 0.15) is 5.78 Å². The van der Waals surface area contributed by atoms with Gasteiger partial charge in [-0.3, -0.25) is 4.79 Å². The van der Waals surface area contributed by atoms with Crippen molar-refractivity contribution in [3.63, 3.8) is 0 Å². The summed E-state index contributed by atoms with van der Waals surface area (Å²) in [6, 6.07) is 10.3. The van der Waals surface area contributed by atoms with Crippen molar-refractivity contribution in [3.05, 3.63) is 30.3 Å². The zero-order valence-electron chi connectivity index (χ0n) is 10.6. The number of carbonyl (C=O) groups is 1. The molecule has 0 spiro atoms. The molecular formula is C15H20OS. The summed E-state index contributed by atoms with van der Waals surface area (Å²) in [5, 5.41) is 0. The maximum atomic E-state index is 12.3. The summed E-state index contributed by atoms with van der Waals surface area (Å²) in [7, 11) is 0. The van der Waals surface area contributed by atoms with Gasteiger partial charge in [-0.05, 0) is 30.9 Å². The summed E-state index contributed by atoms with van der Waals surface area (Å²) in [6.45, 7) is 4.33. The molecule has 2 rings (SSSR count). The Hall–Kier alpha value is -0.760. The van der Waals surface area contributed by atoms with Gasteiger partial charge in [-0.2, -0.15) is 0 Å². The third-order valence-electron chi connectivity index (χ3n) is 3.52. The highest BCUT2D eigenvalue weighted by Crippen LogP contribution is 2.57. The molecule has 0 heterocycles. The molecule has 2 heteroatoms. The van der Waals surface area contributed by atoms with Crippen molar-refractivity contribution in [3.8, 4) is 0 Å². The second-order valence-electron chi connectivity index (χ2n) is 4.94. The van der Waals surface area contributed by atoms with Crippen LogP contribution in [0.5, 0.6) is 0 Å². The van der Waals surface area contributed by atoms with Crippen LogP contribution < -0.4 is 0 Å². The first-order valence-electron chi connectivity index (χ1n) is 6.46. The van der Waals surface area contributed by atoms with Gasteiger partial charge < -0.3 is 0 Å². The molecule has 2 atom stereocenters. The Labute approximate surface area is 108 Å². The fourth-order valence-corrected chi connectivity index (χ4v) is 3.70. The number of carbonyl (C=O) groups excluding carboxylic acids is 1. The van der Waals surface area contributed by atoms with E-state index in [2.05, 4.69) is 26.0 Å². The molecule has 0 amide bonds. The highest BCUT2D eigenvalue weighted by atomic mass is 32.2. The van der Waals surface area contributed by atoms with Crippen LogP contribution in [0.15, 0.2) is 35.2 Å². The lowest BCUT2D eigenvalue weighted by molar-refractivity contribution is -0.119. The van der Waals surface area contributed by atoms with Crippen molar-refractivity contribution < 1.29 is 4.79 Å². The molecule has 1 nitrogen and oxygen atoms in total. The van der Waals surface area contributed by atoms with Crippen molar-refractivity contribution in [2.45, 2.75) is 49.2 Å². The zero-order chi connectivity index (χ0) is 12.3. The Morgan fingerprint density at radius 2 is 2.06 bits per heavy atom. The molecule has 1 saturated carbocycles. The van der Waals surface area contributed by atoms with E-state index in [0.717, 1.165) is 25.7 Å². The van der Waals surface area contributed by atoms with E-state index >= 15 is 0 Å². The van der Waals surface area contributed by atoms with Crippen LogP contribution in [0.2, 0.25) is 0 Å². The van der Waals surface area contributed by atoms with Gasteiger partial charge in [0.05, 0.1) is 4.75 Å². The highest BCUT2D eigenvalue weighted by molar-refractivity contribution is 8.01. The van der Waals surface area contributed by atoms with Crippen LogP contribution in [-0.4, -0.2) is 10.5 Å². The van der Waals surface area contributed by atoms with Crippen molar-refractivity contribution >= 4 is 17.5 Å². The number of rotatable bonds is 6. The predicted molar refractivity (Wildman–Crippen MR) is 73.3 cm³/mol. The first-order chi connectivity index (χ1) is 8.19. The third kappa shape index (κ3) is 2.74. The second-order valence-corrected chi connectivity index (χ2v) is 6.34. The summed E-state index contributed by atoms with van der Waals surface area (Å²) >= 11 is 1.77. The second kappa shape index (κ2) is 5.26. The summed E-state index contributed by atoms with van der Waals surface area (Å²) < 4.78 is -0.101. The van der Waals surface area contributed by atoms with Gasteiger partial charge in [0.2, 0.25) is 0 Å². The standard InChI is InChI=1S/C15H20OS/c1-3-4-10-14(16)15(11-12(15)2)17-13-8-6-5-7-9-13/h5-9,12H,3-4,10-11H2,1-2H3/t12-,15+/m0/s1. The molecule has 92 valence electrons. The minimum Gasteiger partial charge on any atom is -0.298 e. The molecule has 1 fully saturated rings. The number of benzene rings is 1. The molecule has 0 unspecified atom stereocenters. The summed E-state index contributed by atoms with van der Waals surface area (Å²) in [5.74, 6) is 0.998. The average molecular weight is 248 g/mol. The van der Waals surface area contributed by atoms with Gasteiger partial charge in [-0.1, -0.05) is 38.5 Å². The molecule has 1 aromatic rings. The van der Waals surface area contributed by atoms with Gasteiger partial charge in [0, 0.05) is 11.3 Å². The average Bonchev–Trinajstić information content (AvgIpc) is 2.99. The van der Waals surface area contributed by atoms with Gasteiger partial charge in [0.25, 0.3) is 0 Å². The van der Waals surface area contributed by atoms with Crippen LogP contribution in [0.3, 0.4) is 0 Å². The Kier molecular flexibility index (Phi) is 3.93. The molecule has 1 aromatic carbocycles. The van der Waals surface area contributed by atoms with Gasteiger partial charge >= 0.3 is 0 Å². The predicted octanol–water partition coefficient (Wildman–Crippen LogP) is 4.32. The topological polar surface area (TPSA) is 17.1 Å². The van der Waals surface area contributed by atoms with E-state index in [9.17, 15) is 4.79 Å². The van der Waals surface area contributed by atoms with Crippen molar-refractivity contribution in [1.82, 2.24) is 0 Å². The highest BCUT2D eigenvalue weighted by Gasteiger charge is 2.57. The van der Waals surface area contributed by atoms with Crippen LogP contribution in [0.25, 0.3) is 0 Å². The largest absolute Gasteiger partial charge is 0.298 e. The molecular weight excluding hydrogens is 228 g/mol. The van der Waals surface area contributed by atoms with Crippen LogP contribution in [0, 0.1) is 5.92 Å². The van der Waals surface area contributed by atoms with Gasteiger partial charge in [0.15, 0.2) is 0 Å². The number of hydrogen-bond donors (Lipinski definition) is 0. The monoisotopic (exact) mass is 248 g/mol. The SMILES string of the molecule is CCCCC(=O)[C@@]1(Sc2ccccc2)C[C@@H]1C. The van der Waals surface area contributed by atoms with E-state index < -0.39 is 0 Å². The molecule has 1 aliphatic carbocycles. The van der Waals surface area contributed by atoms with E-state index in [1.54, 1.807) is 11.8 Å². The number of thioether (sulfide) groups is 1. The van der Waals surface area contributed by atoms with Crippen molar-refractivity contribution in [2.75, 3.05) is 0 Å². The first-order valence-corrected chi connectivity index (χ1v) is 7.28. The van der Waals surface area contributed by atoms with Gasteiger partial charge in [-0.15, -0.1) is 11.8 Å². The Balaban J connectivity index is 2.03. The molecule has 0 aliphatic heterocycles. The molecule has 17 heavy (non-hydrogen) atoms. The molecule has 0 N–H and O–H groups in total. The maximum absolute atomic E-state index is 12.3. The number of Topliss-reactive ketones (excluding diaryl/α,β-unsaturated/α-hetero) is 1. The summed E-state index contributed by atoms with van der Waals surface area (Å²) in [4.78, 5) is 13.5. The molecule has 0 radical (unpaired) electrons. The number of ketones is 1. The fourth-order valence-electron chi connectivity index (χ4n) is 2.23. The first kappa shape index (κ1) is 12.7. The minimum absolute atomic E-state index is 0.101. The Bertz CT molecular complexity index is 387. The Morgan fingerprint density at radius 3 is 2.59 bits per heavy atom.